The number of nitrogens with one attached hydrogen (secondary N) is 1. The summed E-state index contributed by atoms with van der Waals surface area (Å²) in [5, 5.41) is 10.8. The van der Waals surface area contributed by atoms with Gasteiger partial charge in [-0.05, 0) is 24.3 Å². The molecule has 0 atom stereocenters. The lowest BCUT2D eigenvalue weighted by molar-refractivity contribution is -0.384. The number of nitro benzene ring substituents is 1. The minimum atomic E-state index is -5.26. The fourth-order valence-corrected chi connectivity index (χ4v) is 5.05. The van der Waals surface area contributed by atoms with Gasteiger partial charge in [0.05, 0.1) is 32.3 Å². The summed E-state index contributed by atoms with van der Waals surface area (Å²) in [5.41, 5.74) is 4.18. The molecule has 0 aliphatic carbocycles. The summed E-state index contributed by atoms with van der Waals surface area (Å²) in [7, 11) is -14.3. The standard InChI is InChI=1S/C13H13FN4O8S3/c1-27(21,22)16-17(13-6-5-9(18(19)20)7-12(13)15)29(25,26)11-4-2-3-10(8-11)28(14,23)24/h2-8,16H,15H2,1H3. The van der Waals surface area contributed by atoms with Crippen LogP contribution in [0.15, 0.2) is 52.3 Å². The molecule has 0 bridgehead atoms. The summed E-state index contributed by atoms with van der Waals surface area (Å²) in [6, 6.07) is 5.63. The highest BCUT2D eigenvalue weighted by Gasteiger charge is 2.31. The fraction of sp³-hybridized carbons (Fsp3) is 0.0769. The molecular weight excluding hydrogens is 455 g/mol. The second-order valence-corrected chi connectivity index (χ2v) is 10.4. The largest absolute Gasteiger partial charge is 0.397 e. The maximum Gasteiger partial charge on any atom is 0.332 e. The minimum absolute atomic E-state index is 0.0886. The number of halogens is 1. The Bertz CT molecular complexity index is 1290. The fourth-order valence-electron chi connectivity index (χ4n) is 2.11. The molecule has 2 aromatic rings. The molecule has 3 N–H and O–H groups in total. The molecule has 0 amide bonds. The first-order valence-electron chi connectivity index (χ1n) is 7.24. The second kappa shape index (κ2) is 7.54. The predicted octanol–water partition coefficient (Wildman–Crippen LogP) is 0.495. The molecule has 158 valence electrons. The second-order valence-electron chi connectivity index (χ2n) is 5.55. The molecule has 0 aliphatic heterocycles. The number of hydrazine groups is 1. The molecule has 0 aromatic heterocycles. The number of benzene rings is 2. The van der Waals surface area contributed by atoms with Crippen molar-refractivity contribution in [3.05, 3.63) is 52.6 Å². The molecule has 0 saturated heterocycles. The van der Waals surface area contributed by atoms with Gasteiger partial charge in [0.15, 0.2) is 0 Å². The highest BCUT2D eigenvalue weighted by atomic mass is 32.3. The van der Waals surface area contributed by atoms with Crippen LogP contribution in [0.5, 0.6) is 0 Å². The van der Waals surface area contributed by atoms with Crippen molar-refractivity contribution in [1.29, 1.82) is 0 Å². The Hall–Kier alpha value is -2.82. The Labute approximate surface area is 165 Å². The van der Waals surface area contributed by atoms with Crippen molar-refractivity contribution in [2.75, 3.05) is 16.4 Å². The first-order chi connectivity index (χ1) is 13.1. The normalized spacial score (nSPS) is 12.5. The number of sulfonamides is 2. The van der Waals surface area contributed by atoms with Crippen LogP contribution in [-0.4, -0.2) is 36.4 Å². The van der Waals surface area contributed by atoms with Crippen LogP contribution < -0.4 is 15.0 Å². The lowest BCUT2D eigenvalue weighted by atomic mass is 10.2. The van der Waals surface area contributed by atoms with Crippen molar-refractivity contribution in [2.24, 2.45) is 0 Å². The van der Waals surface area contributed by atoms with E-state index in [2.05, 4.69) is 0 Å². The van der Waals surface area contributed by atoms with Gasteiger partial charge in [-0.25, -0.2) is 8.42 Å². The Morgan fingerprint density at radius 2 is 1.62 bits per heavy atom. The van der Waals surface area contributed by atoms with Gasteiger partial charge in [-0.2, -0.15) is 21.2 Å². The molecule has 16 heteroatoms. The van der Waals surface area contributed by atoms with Gasteiger partial charge >= 0.3 is 10.2 Å². The molecular formula is C13H13FN4O8S3. The molecule has 0 saturated carbocycles. The Kier molecular flexibility index (Phi) is 5.84. The van der Waals surface area contributed by atoms with Crippen LogP contribution >= 0.6 is 0 Å². The zero-order valence-corrected chi connectivity index (χ0v) is 16.8. The maximum absolute atomic E-state index is 13.2. The third-order valence-corrected chi connectivity index (χ3v) is 6.38. The van der Waals surface area contributed by atoms with Crippen molar-refractivity contribution in [3.63, 3.8) is 0 Å². The summed E-state index contributed by atoms with van der Waals surface area (Å²) in [6.07, 6.45) is 0.625. The molecule has 29 heavy (non-hydrogen) atoms. The number of hydrogen-bond acceptors (Lipinski definition) is 9. The zero-order valence-electron chi connectivity index (χ0n) is 14.4. The molecule has 0 fully saturated rings. The number of rotatable bonds is 7. The van der Waals surface area contributed by atoms with Crippen LogP contribution in [0.4, 0.5) is 20.9 Å². The van der Waals surface area contributed by atoms with E-state index in [1.54, 1.807) is 4.83 Å². The van der Waals surface area contributed by atoms with Crippen LogP contribution in [0.1, 0.15) is 0 Å². The van der Waals surface area contributed by atoms with Gasteiger partial charge in [0.2, 0.25) is 10.0 Å². The van der Waals surface area contributed by atoms with Gasteiger partial charge in [-0.15, -0.1) is 8.72 Å². The highest BCUT2D eigenvalue weighted by Crippen LogP contribution is 2.31. The van der Waals surface area contributed by atoms with Crippen LogP contribution in [0.3, 0.4) is 0 Å². The van der Waals surface area contributed by atoms with Gasteiger partial charge in [-0.1, -0.05) is 6.07 Å². The van der Waals surface area contributed by atoms with Crippen LogP contribution in [0.25, 0.3) is 0 Å². The van der Waals surface area contributed by atoms with Crippen molar-refractivity contribution in [1.82, 2.24) is 4.83 Å². The molecule has 0 radical (unpaired) electrons. The van der Waals surface area contributed by atoms with E-state index in [0.717, 1.165) is 36.4 Å². The summed E-state index contributed by atoms with van der Waals surface area (Å²) >= 11 is 0. The average Bonchev–Trinajstić information content (AvgIpc) is 2.58. The molecule has 12 nitrogen and oxygen atoms in total. The van der Waals surface area contributed by atoms with E-state index in [9.17, 15) is 39.3 Å². The van der Waals surface area contributed by atoms with E-state index >= 15 is 0 Å². The lowest BCUT2D eigenvalue weighted by Crippen LogP contribution is -2.46. The van der Waals surface area contributed by atoms with Crippen molar-refractivity contribution in [3.8, 4) is 0 Å². The van der Waals surface area contributed by atoms with Gasteiger partial charge in [0.25, 0.3) is 15.7 Å². The van der Waals surface area contributed by atoms with Crippen molar-refractivity contribution in [2.45, 2.75) is 9.79 Å². The number of nitrogens with zero attached hydrogens (tertiary/aromatic N) is 2. The molecule has 0 aliphatic rings. The zero-order chi connectivity index (χ0) is 22.2. The Morgan fingerprint density at radius 3 is 2.10 bits per heavy atom. The lowest BCUT2D eigenvalue weighted by Gasteiger charge is -2.25. The van der Waals surface area contributed by atoms with E-state index in [4.69, 9.17) is 5.73 Å². The number of anilines is 2. The van der Waals surface area contributed by atoms with Crippen LogP contribution in [0.2, 0.25) is 0 Å². The number of nitrogens with two attached hydrogens (primary N) is 1. The number of hydrogen-bond donors (Lipinski definition) is 2. The van der Waals surface area contributed by atoms with Gasteiger partial charge in [0.1, 0.15) is 0 Å². The Balaban J connectivity index is 2.72. The smallest absolute Gasteiger partial charge is 0.332 e. The van der Waals surface area contributed by atoms with Crippen LogP contribution in [0, 0.1) is 10.1 Å². The average molecular weight is 468 g/mol. The third kappa shape index (κ3) is 5.17. The predicted molar refractivity (Wildman–Crippen MR) is 99.9 cm³/mol. The first kappa shape index (κ1) is 22.5. The van der Waals surface area contributed by atoms with Crippen molar-refractivity contribution >= 4 is 47.3 Å². The number of nitrogen functional groups attached to an aromatic ring is 1. The van der Waals surface area contributed by atoms with E-state index in [1.807, 2.05) is 0 Å². The molecule has 0 spiro atoms. The minimum Gasteiger partial charge on any atom is -0.397 e. The summed E-state index contributed by atoms with van der Waals surface area (Å²) in [5.74, 6) is 0. The van der Waals surface area contributed by atoms with E-state index in [-0.39, 0.29) is 4.41 Å². The summed E-state index contributed by atoms with van der Waals surface area (Å²) < 4.78 is 84.7. The molecule has 0 heterocycles. The summed E-state index contributed by atoms with van der Waals surface area (Å²) in [6.45, 7) is 0. The molecule has 2 aromatic carbocycles. The van der Waals surface area contributed by atoms with Crippen molar-refractivity contribution < 1.29 is 34.1 Å². The molecule has 2 rings (SSSR count). The van der Waals surface area contributed by atoms with Gasteiger partial charge in [-0.3, -0.25) is 10.1 Å². The molecule has 0 unspecified atom stereocenters. The third-order valence-electron chi connectivity index (χ3n) is 3.31. The van der Waals surface area contributed by atoms with Crippen LogP contribution in [-0.2, 0) is 30.3 Å². The quantitative estimate of drug-likeness (QED) is 0.252. The maximum atomic E-state index is 13.2. The van der Waals surface area contributed by atoms with E-state index in [0.29, 0.717) is 12.3 Å². The number of non-ortho nitro benzene ring substituents is 1. The highest BCUT2D eigenvalue weighted by molar-refractivity contribution is 7.95. The van der Waals surface area contributed by atoms with E-state index < -0.39 is 62.0 Å². The summed E-state index contributed by atoms with van der Waals surface area (Å²) in [4.78, 5) is 9.94. The first-order valence-corrected chi connectivity index (χ1v) is 12.0. The topological polar surface area (TPSA) is 187 Å². The van der Waals surface area contributed by atoms with Gasteiger partial charge < -0.3 is 5.73 Å². The van der Waals surface area contributed by atoms with E-state index in [1.165, 1.54) is 0 Å². The monoisotopic (exact) mass is 468 g/mol. The SMILES string of the molecule is CS(=O)(=O)NN(c1ccc([N+](=O)[O-])cc1N)S(=O)(=O)c1cccc(S(=O)(=O)F)c1. The van der Waals surface area contributed by atoms with Gasteiger partial charge in [0, 0.05) is 12.1 Å². The Morgan fingerprint density at radius 1 is 1.03 bits per heavy atom. The number of nitro groups is 1.